The Morgan fingerprint density at radius 1 is 0.882 bits per heavy atom. The lowest BCUT2D eigenvalue weighted by Crippen LogP contribution is -2.50. The topological polar surface area (TPSA) is 66.7 Å². The van der Waals surface area contributed by atoms with E-state index in [1.54, 1.807) is 4.90 Å². The summed E-state index contributed by atoms with van der Waals surface area (Å²) in [6, 6.07) is 13.3. The average Bonchev–Trinajstić information content (AvgIpc) is 3.32. The summed E-state index contributed by atoms with van der Waals surface area (Å²) in [6.07, 6.45) is 4.04. The number of halogens is 2. The van der Waals surface area contributed by atoms with Crippen LogP contribution in [0, 0.1) is 11.6 Å². The van der Waals surface area contributed by atoms with Crippen molar-refractivity contribution in [1.82, 2.24) is 14.8 Å². The molecule has 0 unspecified atom stereocenters. The van der Waals surface area contributed by atoms with Gasteiger partial charge in [-0.05, 0) is 30.5 Å². The highest BCUT2D eigenvalue weighted by Crippen LogP contribution is 2.24. The number of carbonyl (C=O) groups excluding carboxylic acids is 2. The normalized spacial score (nSPS) is 13.8. The molecule has 34 heavy (non-hydrogen) atoms. The van der Waals surface area contributed by atoms with E-state index in [0.29, 0.717) is 38.5 Å². The summed E-state index contributed by atoms with van der Waals surface area (Å²) in [5, 5.41) is 0. The van der Waals surface area contributed by atoms with Gasteiger partial charge in [-0.3, -0.25) is 9.59 Å². The minimum absolute atomic E-state index is 0.0381. The number of carbonyl (C=O) groups is 2. The van der Waals surface area contributed by atoms with E-state index in [9.17, 15) is 18.4 Å². The van der Waals surface area contributed by atoms with E-state index >= 15 is 0 Å². The number of piperazine rings is 1. The van der Waals surface area contributed by atoms with E-state index in [2.05, 4.69) is 17.1 Å². The fourth-order valence-electron chi connectivity index (χ4n) is 4.06. The van der Waals surface area contributed by atoms with Crippen LogP contribution in [0.5, 0.6) is 0 Å². The molecule has 0 saturated carbocycles. The predicted molar refractivity (Wildman–Crippen MR) is 123 cm³/mol. The largest absolute Gasteiger partial charge is 0.441 e. The van der Waals surface area contributed by atoms with Crippen LogP contribution < -0.4 is 0 Å². The fourth-order valence-corrected chi connectivity index (χ4v) is 4.06. The highest BCUT2D eigenvalue weighted by Gasteiger charge is 2.24. The number of benzene rings is 2. The maximum atomic E-state index is 13.9. The van der Waals surface area contributed by atoms with Crippen molar-refractivity contribution < 1.29 is 22.8 Å². The van der Waals surface area contributed by atoms with Crippen LogP contribution in [0.25, 0.3) is 11.3 Å². The van der Waals surface area contributed by atoms with Gasteiger partial charge in [-0.2, -0.15) is 0 Å². The standard InChI is InChI=1S/C26H27F2N3O3/c27-20-9-10-21(22(28)17-20)23-18-29-24(34-23)11-12-26(33)31-15-13-30(14-16-31)25(32)8-4-7-19-5-2-1-3-6-19/h1-3,5-6,9-10,17-18H,4,7-8,11-16H2. The van der Waals surface area contributed by atoms with Gasteiger partial charge in [-0.25, -0.2) is 13.8 Å². The molecule has 0 radical (unpaired) electrons. The minimum Gasteiger partial charge on any atom is -0.441 e. The van der Waals surface area contributed by atoms with Gasteiger partial charge in [0.1, 0.15) is 11.6 Å². The van der Waals surface area contributed by atoms with Crippen LogP contribution in [0.4, 0.5) is 8.78 Å². The van der Waals surface area contributed by atoms with E-state index < -0.39 is 11.6 Å². The fraction of sp³-hybridized carbons (Fsp3) is 0.346. The van der Waals surface area contributed by atoms with Crippen LogP contribution in [0.2, 0.25) is 0 Å². The summed E-state index contributed by atoms with van der Waals surface area (Å²) >= 11 is 0. The van der Waals surface area contributed by atoms with Crippen molar-refractivity contribution in [2.75, 3.05) is 26.2 Å². The summed E-state index contributed by atoms with van der Waals surface area (Å²) in [7, 11) is 0. The quantitative estimate of drug-likeness (QED) is 0.497. The molecule has 178 valence electrons. The van der Waals surface area contributed by atoms with E-state index in [0.717, 1.165) is 25.0 Å². The second kappa shape index (κ2) is 11.0. The van der Waals surface area contributed by atoms with Gasteiger partial charge >= 0.3 is 0 Å². The SMILES string of the molecule is O=C(CCCc1ccccc1)N1CCN(C(=O)CCc2ncc(-c3ccc(F)cc3F)o2)CC1. The van der Waals surface area contributed by atoms with E-state index in [4.69, 9.17) is 4.42 Å². The third-order valence-electron chi connectivity index (χ3n) is 5.99. The van der Waals surface area contributed by atoms with Crippen LogP contribution in [-0.4, -0.2) is 52.8 Å². The second-order valence-corrected chi connectivity index (χ2v) is 8.34. The zero-order valence-corrected chi connectivity index (χ0v) is 18.9. The highest BCUT2D eigenvalue weighted by atomic mass is 19.1. The van der Waals surface area contributed by atoms with Crippen molar-refractivity contribution in [3.63, 3.8) is 0 Å². The van der Waals surface area contributed by atoms with Crippen molar-refractivity contribution in [2.24, 2.45) is 0 Å². The van der Waals surface area contributed by atoms with Gasteiger partial charge < -0.3 is 14.2 Å². The van der Waals surface area contributed by atoms with E-state index in [-0.39, 0.29) is 36.0 Å². The Hall–Kier alpha value is -3.55. The van der Waals surface area contributed by atoms with Gasteiger partial charge in [0.15, 0.2) is 11.7 Å². The monoisotopic (exact) mass is 467 g/mol. The number of nitrogens with zero attached hydrogens (tertiary/aromatic N) is 3. The van der Waals surface area contributed by atoms with Crippen LogP contribution in [-0.2, 0) is 22.4 Å². The zero-order chi connectivity index (χ0) is 23.9. The van der Waals surface area contributed by atoms with Gasteiger partial charge in [0.05, 0.1) is 11.8 Å². The first-order valence-corrected chi connectivity index (χ1v) is 11.5. The molecule has 0 spiro atoms. The molecule has 3 aromatic rings. The lowest BCUT2D eigenvalue weighted by molar-refractivity contribution is -0.139. The first-order valence-electron chi connectivity index (χ1n) is 11.5. The van der Waals surface area contributed by atoms with E-state index in [1.165, 1.54) is 17.8 Å². The number of aryl methyl sites for hydroxylation is 2. The molecule has 1 aliphatic heterocycles. The van der Waals surface area contributed by atoms with Crippen molar-refractivity contribution >= 4 is 11.8 Å². The number of hydrogen-bond donors (Lipinski definition) is 0. The molecule has 6 nitrogen and oxygen atoms in total. The second-order valence-electron chi connectivity index (χ2n) is 8.34. The van der Waals surface area contributed by atoms with Crippen molar-refractivity contribution in [3.8, 4) is 11.3 Å². The summed E-state index contributed by atoms with van der Waals surface area (Å²) in [5.41, 5.74) is 1.35. The summed E-state index contributed by atoms with van der Waals surface area (Å²) < 4.78 is 32.6. The van der Waals surface area contributed by atoms with Crippen molar-refractivity contribution in [1.29, 1.82) is 0 Å². The number of hydrogen-bond acceptors (Lipinski definition) is 4. The maximum absolute atomic E-state index is 13.9. The number of rotatable bonds is 8. The molecule has 0 N–H and O–H groups in total. The molecule has 0 bridgehead atoms. The summed E-state index contributed by atoms with van der Waals surface area (Å²) in [6.45, 7) is 2.06. The van der Waals surface area contributed by atoms with Crippen LogP contribution in [0.1, 0.15) is 30.7 Å². The first kappa shape index (κ1) is 23.6. The van der Waals surface area contributed by atoms with E-state index in [1.807, 2.05) is 23.1 Å². The summed E-state index contributed by atoms with van der Waals surface area (Å²) in [4.78, 5) is 32.8. The third kappa shape index (κ3) is 6.07. The Morgan fingerprint density at radius 2 is 1.56 bits per heavy atom. The Balaban J connectivity index is 1.19. The van der Waals surface area contributed by atoms with Crippen LogP contribution >= 0.6 is 0 Å². The molecule has 1 aromatic heterocycles. The number of oxazole rings is 1. The molecule has 2 heterocycles. The molecule has 4 rings (SSSR count). The molecule has 1 aliphatic rings. The first-order chi connectivity index (χ1) is 16.5. The minimum atomic E-state index is -0.730. The Labute approximate surface area is 197 Å². The number of amides is 2. The molecule has 0 atom stereocenters. The Bertz CT molecular complexity index is 1130. The zero-order valence-electron chi connectivity index (χ0n) is 18.9. The smallest absolute Gasteiger partial charge is 0.223 e. The Morgan fingerprint density at radius 3 is 2.24 bits per heavy atom. The maximum Gasteiger partial charge on any atom is 0.223 e. The predicted octanol–water partition coefficient (Wildman–Crippen LogP) is 4.25. The highest BCUT2D eigenvalue weighted by molar-refractivity contribution is 5.78. The van der Waals surface area contributed by atoms with Gasteiger partial charge in [-0.1, -0.05) is 30.3 Å². The molecular formula is C26H27F2N3O3. The molecule has 2 aromatic carbocycles. The summed E-state index contributed by atoms with van der Waals surface area (Å²) in [5.74, 6) is -0.794. The lowest BCUT2D eigenvalue weighted by atomic mass is 10.1. The van der Waals surface area contributed by atoms with Crippen LogP contribution in [0.3, 0.4) is 0 Å². The van der Waals surface area contributed by atoms with Crippen LogP contribution in [0.15, 0.2) is 59.1 Å². The molecule has 2 amide bonds. The molecule has 0 aliphatic carbocycles. The van der Waals surface area contributed by atoms with Gasteiger partial charge in [-0.15, -0.1) is 0 Å². The lowest BCUT2D eigenvalue weighted by Gasteiger charge is -2.35. The molecule has 1 fully saturated rings. The molecule has 1 saturated heterocycles. The van der Waals surface area contributed by atoms with Crippen molar-refractivity contribution in [2.45, 2.75) is 32.1 Å². The number of aromatic nitrogens is 1. The Kier molecular flexibility index (Phi) is 7.67. The van der Waals surface area contributed by atoms with Gasteiger partial charge in [0.25, 0.3) is 0 Å². The molecule has 8 heteroatoms. The average molecular weight is 468 g/mol. The third-order valence-corrected chi connectivity index (χ3v) is 5.99. The van der Waals surface area contributed by atoms with Crippen molar-refractivity contribution in [3.05, 3.63) is 77.8 Å². The molecular weight excluding hydrogens is 440 g/mol. The van der Waals surface area contributed by atoms with Gasteiger partial charge in [0, 0.05) is 51.5 Å². The van der Waals surface area contributed by atoms with Gasteiger partial charge in [0.2, 0.25) is 11.8 Å².